The van der Waals surface area contributed by atoms with E-state index < -0.39 is 0 Å². The number of thiol groups is 1. The topological polar surface area (TPSA) is 42.0 Å². The number of hydrogen-bond acceptors (Lipinski definition) is 4. The van der Waals surface area contributed by atoms with Crippen LogP contribution in [-0.4, -0.2) is 16.6 Å². The molecule has 1 aromatic heterocycles. The molecule has 3 nitrogen and oxygen atoms in total. The minimum absolute atomic E-state index is 0.0304. The van der Waals surface area contributed by atoms with E-state index in [2.05, 4.69) is 22.9 Å². The maximum atomic E-state index is 11.0. The SMILES string of the molecule is Cc1csc(CNC(=O)CCS)n1. The predicted molar refractivity (Wildman–Crippen MR) is 57.2 cm³/mol. The van der Waals surface area contributed by atoms with Crippen molar-refractivity contribution < 1.29 is 4.79 Å². The van der Waals surface area contributed by atoms with Crippen LogP contribution in [0.25, 0.3) is 0 Å². The van der Waals surface area contributed by atoms with Crippen LogP contribution in [0.4, 0.5) is 0 Å². The minimum Gasteiger partial charge on any atom is -0.350 e. The Labute approximate surface area is 87.0 Å². The zero-order valence-electron chi connectivity index (χ0n) is 7.41. The van der Waals surface area contributed by atoms with Crippen LogP contribution in [0.15, 0.2) is 5.38 Å². The fraction of sp³-hybridized carbons (Fsp3) is 0.500. The monoisotopic (exact) mass is 216 g/mol. The molecule has 0 saturated carbocycles. The van der Waals surface area contributed by atoms with Crippen LogP contribution in [0.3, 0.4) is 0 Å². The Kier molecular flexibility index (Phi) is 4.24. The molecule has 5 heteroatoms. The molecule has 0 aliphatic heterocycles. The van der Waals surface area contributed by atoms with E-state index in [9.17, 15) is 4.79 Å². The molecular formula is C8H12N2OS2. The number of rotatable bonds is 4. The average molecular weight is 216 g/mol. The van der Waals surface area contributed by atoms with Crippen LogP contribution in [0.2, 0.25) is 0 Å². The van der Waals surface area contributed by atoms with Gasteiger partial charge >= 0.3 is 0 Å². The van der Waals surface area contributed by atoms with Crippen LogP contribution < -0.4 is 5.32 Å². The van der Waals surface area contributed by atoms with Gasteiger partial charge in [0.15, 0.2) is 0 Å². The molecule has 0 aliphatic rings. The Morgan fingerprint density at radius 3 is 3.08 bits per heavy atom. The van der Waals surface area contributed by atoms with Gasteiger partial charge in [-0.2, -0.15) is 12.6 Å². The number of nitrogens with one attached hydrogen (secondary N) is 1. The van der Waals surface area contributed by atoms with E-state index in [0.717, 1.165) is 10.7 Å². The van der Waals surface area contributed by atoms with E-state index >= 15 is 0 Å². The number of amides is 1. The lowest BCUT2D eigenvalue weighted by molar-refractivity contribution is -0.120. The average Bonchev–Trinajstić information content (AvgIpc) is 2.49. The summed E-state index contributed by atoms with van der Waals surface area (Å²) in [6.07, 6.45) is 0.466. The van der Waals surface area contributed by atoms with Crippen molar-refractivity contribution in [2.45, 2.75) is 19.9 Å². The molecule has 1 amide bonds. The van der Waals surface area contributed by atoms with Crippen molar-refractivity contribution in [1.29, 1.82) is 0 Å². The summed E-state index contributed by atoms with van der Waals surface area (Å²) in [6, 6.07) is 0. The van der Waals surface area contributed by atoms with Gasteiger partial charge in [-0.15, -0.1) is 11.3 Å². The molecule has 0 radical (unpaired) electrons. The van der Waals surface area contributed by atoms with Crippen LogP contribution >= 0.6 is 24.0 Å². The second kappa shape index (κ2) is 5.24. The van der Waals surface area contributed by atoms with Crippen LogP contribution in [0, 0.1) is 6.92 Å². The molecule has 13 heavy (non-hydrogen) atoms. The molecule has 1 heterocycles. The van der Waals surface area contributed by atoms with Crippen molar-refractivity contribution in [1.82, 2.24) is 10.3 Å². The zero-order valence-corrected chi connectivity index (χ0v) is 9.12. The van der Waals surface area contributed by atoms with Crippen molar-refractivity contribution in [2.24, 2.45) is 0 Å². The quantitative estimate of drug-likeness (QED) is 0.747. The summed E-state index contributed by atoms with van der Waals surface area (Å²) in [4.78, 5) is 15.3. The summed E-state index contributed by atoms with van der Waals surface area (Å²) in [5.41, 5.74) is 1.00. The Morgan fingerprint density at radius 1 is 1.77 bits per heavy atom. The third-order valence-corrected chi connectivity index (χ3v) is 2.63. The van der Waals surface area contributed by atoms with Gasteiger partial charge in [-0.25, -0.2) is 4.98 Å². The van der Waals surface area contributed by atoms with Gasteiger partial charge in [-0.05, 0) is 12.7 Å². The van der Waals surface area contributed by atoms with Crippen molar-refractivity contribution >= 4 is 29.9 Å². The molecule has 0 bridgehead atoms. The standard InChI is InChI=1S/C8H12N2OS2/c1-6-5-13-8(10-6)4-9-7(11)2-3-12/h5,12H,2-4H2,1H3,(H,9,11). The van der Waals surface area contributed by atoms with E-state index in [1.165, 1.54) is 0 Å². The number of aromatic nitrogens is 1. The highest BCUT2D eigenvalue weighted by atomic mass is 32.1. The molecule has 0 unspecified atom stereocenters. The lowest BCUT2D eigenvalue weighted by atomic mass is 10.4. The van der Waals surface area contributed by atoms with E-state index in [0.29, 0.717) is 18.7 Å². The van der Waals surface area contributed by atoms with Crippen LogP contribution in [-0.2, 0) is 11.3 Å². The molecule has 0 spiro atoms. The van der Waals surface area contributed by atoms with Crippen molar-refractivity contribution in [2.75, 3.05) is 5.75 Å². The molecule has 1 N–H and O–H groups in total. The van der Waals surface area contributed by atoms with E-state index in [-0.39, 0.29) is 5.91 Å². The molecule has 0 saturated heterocycles. The van der Waals surface area contributed by atoms with E-state index in [1.807, 2.05) is 12.3 Å². The van der Waals surface area contributed by atoms with Gasteiger partial charge in [-0.3, -0.25) is 4.79 Å². The lowest BCUT2D eigenvalue weighted by Gasteiger charge is -1.99. The number of carbonyl (C=O) groups excluding carboxylic acids is 1. The smallest absolute Gasteiger partial charge is 0.221 e. The first kappa shape index (κ1) is 10.5. The summed E-state index contributed by atoms with van der Waals surface area (Å²) < 4.78 is 0. The Morgan fingerprint density at radius 2 is 2.54 bits per heavy atom. The number of aryl methyl sites for hydroxylation is 1. The molecular weight excluding hydrogens is 204 g/mol. The maximum absolute atomic E-state index is 11.0. The Hall–Kier alpha value is -0.550. The molecule has 0 fully saturated rings. The highest BCUT2D eigenvalue weighted by Crippen LogP contribution is 2.07. The van der Waals surface area contributed by atoms with Crippen LogP contribution in [0.1, 0.15) is 17.1 Å². The highest BCUT2D eigenvalue weighted by molar-refractivity contribution is 7.80. The molecule has 1 rings (SSSR count). The fourth-order valence-corrected chi connectivity index (χ4v) is 1.76. The maximum Gasteiger partial charge on any atom is 0.221 e. The normalized spacial score (nSPS) is 10.0. The van der Waals surface area contributed by atoms with Crippen molar-refractivity contribution in [3.05, 3.63) is 16.1 Å². The van der Waals surface area contributed by atoms with E-state index in [4.69, 9.17) is 0 Å². The highest BCUT2D eigenvalue weighted by Gasteiger charge is 2.01. The van der Waals surface area contributed by atoms with Gasteiger partial charge in [0, 0.05) is 17.5 Å². The summed E-state index contributed by atoms with van der Waals surface area (Å²) in [6.45, 7) is 2.47. The Bertz CT molecular complexity index is 285. The first-order valence-corrected chi connectivity index (χ1v) is 5.52. The number of carbonyl (C=O) groups is 1. The van der Waals surface area contributed by atoms with Gasteiger partial charge in [0.25, 0.3) is 0 Å². The van der Waals surface area contributed by atoms with Gasteiger partial charge in [0.1, 0.15) is 5.01 Å². The first-order valence-electron chi connectivity index (χ1n) is 4.01. The van der Waals surface area contributed by atoms with Crippen molar-refractivity contribution in [3.8, 4) is 0 Å². The lowest BCUT2D eigenvalue weighted by Crippen LogP contribution is -2.22. The number of nitrogens with zero attached hydrogens (tertiary/aromatic N) is 1. The summed E-state index contributed by atoms with van der Waals surface area (Å²) in [7, 11) is 0. The fourth-order valence-electron chi connectivity index (χ4n) is 0.848. The zero-order chi connectivity index (χ0) is 9.68. The van der Waals surface area contributed by atoms with Crippen molar-refractivity contribution in [3.63, 3.8) is 0 Å². The second-order valence-corrected chi connectivity index (χ2v) is 4.02. The van der Waals surface area contributed by atoms with Crippen LogP contribution in [0.5, 0.6) is 0 Å². The van der Waals surface area contributed by atoms with Gasteiger partial charge in [0.2, 0.25) is 5.91 Å². The third-order valence-electron chi connectivity index (χ3n) is 1.44. The minimum atomic E-state index is 0.0304. The van der Waals surface area contributed by atoms with Gasteiger partial charge in [-0.1, -0.05) is 0 Å². The molecule has 0 atom stereocenters. The largest absolute Gasteiger partial charge is 0.350 e. The molecule has 72 valence electrons. The predicted octanol–water partition coefficient (Wildman–Crippen LogP) is 1.39. The summed E-state index contributed by atoms with van der Waals surface area (Å²) in [5.74, 6) is 0.616. The van der Waals surface area contributed by atoms with Gasteiger partial charge in [0.05, 0.1) is 6.54 Å². The molecule has 0 aliphatic carbocycles. The number of thiazole rings is 1. The Balaban J connectivity index is 2.30. The summed E-state index contributed by atoms with van der Waals surface area (Å²) in [5, 5.41) is 5.69. The molecule has 0 aromatic carbocycles. The van der Waals surface area contributed by atoms with E-state index in [1.54, 1.807) is 11.3 Å². The van der Waals surface area contributed by atoms with Gasteiger partial charge < -0.3 is 5.32 Å². The first-order chi connectivity index (χ1) is 6.22. The molecule has 1 aromatic rings. The second-order valence-electron chi connectivity index (χ2n) is 2.63. The third kappa shape index (κ3) is 3.78. The number of hydrogen-bond donors (Lipinski definition) is 2. The summed E-state index contributed by atoms with van der Waals surface area (Å²) >= 11 is 5.54.